The van der Waals surface area contributed by atoms with E-state index in [1.165, 1.54) is 11.3 Å². The molecule has 3 rings (SSSR count). The third-order valence-electron chi connectivity index (χ3n) is 2.99. The monoisotopic (exact) mass is 349 g/mol. The molecule has 0 fully saturated rings. The first-order valence-corrected chi connectivity index (χ1v) is 8.84. The molecule has 0 saturated heterocycles. The molecule has 4 nitrogen and oxygen atoms in total. The number of hydrogen-bond acceptors (Lipinski definition) is 5. The predicted octanol–water partition coefficient (Wildman–Crippen LogP) is 4.43. The van der Waals surface area contributed by atoms with E-state index in [2.05, 4.69) is 15.8 Å². The highest BCUT2D eigenvalue weighted by molar-refractivity contribution is 7.98. The van der Waals surface area contributed by atoms with Crippen molar-refractivity contribution >= 4 is 56.0 Å². The number of carbonyl (C=O) groups is 1. The minimum atomic E-state index is -0.204. The fraction of sp³-hybridized carbons (Fsp3) is 0.0667. The summed E-state index contributed by atoms with van der Waals surface area (Å²) in [7, 11) is 0. The maximum Gasteiger partial charge on any atom is 0.269 e. The molecular weight excluding hydrogens is 338 g/mol. The van der Waals surface area contributed by atoms with Gasteiger partial charge < -0.3 is 0 Å². The van der Waals surface area contributed by atoms with E-state index in [1.54, 1.807) is 30.0 Å². The molecule has 0 unspecified atom stereocenters. The summed E-state index contributed by atoms with van der Waals surface area (Å²) < 4.78 is 0.966. The standard InChI is InChI=1S/C15H12ClN3OS2/c1-21-11-5-2-9(3-6-11)14(20)18-19-15-17-12-7-4-10(16)8-13(12)22-15/h2-8H,1H3,(H,17,19)(H,18,20). The summed E-state index contributed by atoms with van der Waals surface area (Å²) in [6.45, 7) is 0. The largest absolute Gasteiger partial charge is 0.273 e. The maximum absolute atomic E-state index is 12.1. The lowest BCUT2D eigenvalue weighted by Gasteiger charge is -2.05. The van der Waals surface area contributed by atoms with Crippen molar-refractivity contribution < 1.29 is 4.79 Å². The van der Waals surface area contributed by atoms with Crippen molar-refractivity contribution in [1.82, 2.24) is 10.4 Å². The average Bonchev–Trinajstić information content (AvgIpc) is 2.94. The Morgan fingerprint density at radius 1 is 1.23 bits per heavy atom. The third kappa shape index (κ3) is 3.35. The van der Waals surface area contributed by atoms with Crippen LogP contribution >= 0.6 is 34.7 Å². The van der Waals surface area contributed by atoms with Crippen molar-refractivity contribution in [1.29, 1.82) is 0 Å². The first kappa shape index (κ1) is 15.1. The SMILES string of the molecule is CSc1ccc(C(=O)NNc2nc3ccc(Cl)cc3s2)cc1. The van der Waals surface area contributed by atoms with E-state index in [0.717, 1.165) is 15.1 Å². The molecule has 1 heterocycles. The van der Waals surface area contributed by atoms with Gasteiger partial charge in [0.15, 0.2) is 0 Å². The molecule has 2 N–H and O–H groups in total. The van der Waals surface area contributed by atoms with Gasteiger partial charge in [0.25, 0.3) is 5.91 Å². The van der Waals surface area contributed by atoms with Gasteiger partial charge in [-0.25, -0.2) is 4.98 Å². The van der Waals surface area contributed by atoms with Gasteiger partial charge in [0.2, 0.25) is 5.13 Å². The van der Waals surface area contributed by atoms with Gasteiger partial charge in [0.1, 0.15) is 0 Å². The van der Waals surface area contributed by atoms with E-state index in [4.69, 9.17) is 11.6 Å². The van der Waals surface area contributed by atoms with Gasteiger partial charge in [0, 0.05) is 15.5 Å². The molecule has 0 aliphatic heterocycles. The molecule has 0 aliphatic rings. The van der Waals surface area contributed by atoms with Crippen LogP contribution in [0.25, 0.3) is 10.2 Å². The summed E-state index contributed by atoms with van der Waals surface area (Å²) in [4.78, 5) is 17.6. The Balaban J connectivity index is 1.68. The second-order valence-electron chi connectivity index (χ2n) is 4.44. The van der Waals surface area contributed by atoms with E-state index >= 15 is 0 Å². The Kier molecular flexibility index (Phi) is 4.52. The Labute approximate surface area is 140 Å². The Morgan fingerprint density at radius 2 is 2.00 bits per heavy atom. The molecule has 2 aromatic carbocycles. The molecule has 112 valence electrons. The number of hydrazine groups is 1. The van der Waals surface area contributed by atoms with Crippen molar-refractivity contribution in [2.24, 2.45) is 0 Å². The van der Waals surface area contributed by atoms with E-state index < -0.39 is 0 Å². The fourth-order valence-electron chi connectivity index (χ4n) is 1.88. The van der Waals surface area contributed by atoms with Crippen LogP contribution < -0.4 is 10.9 Å². The van der Waals surface area contributed by atoms with Gasteiger partial charge in [-0.15, -0.1) is 11.8 Å². The molecule has 0 bridgehead atoms. The number of benzene rings is 2. The fourth-order valence-corrected chi connectivity index (χ4v) is 3.38. The van der Waals surface area contributed by atoms with Crippen molar-refractivity contribution in [3.8, 4) is 0 Å². The molecule has 22 heavy (non-hydrogen) atoms. The zero-order valence-corrected chi connectivity index (χ0v) is 14.0. The highest BCUT2D eigenvalue weighted by atomic mass is 35.5. The van der Waals surface area contributed by atoms with Crippen LogP contribution in [-0.4, -0.2) is 17.1 Å². The van der Waals surface area contributed by atoms with Crippen LogP contribution in [0.4, 0.5) is 5.13 Å². The zero-order valence-electron chi connectivity index (χ0n) is 11.6. The van der Waals surface area contributed by atoms with Gasteiger partial charge in [-0.2, -0.15) is 0 Å². The summed E-state index contributed by atoms with van der Waals surface area (Å²) >= 11 is 9.01. The number of halogens is 1. The van der Waals surface area contributed by atoms with Crippen molar-refractivity contribution in [2.75, 3.05) is 11.7 Å². The Bertz CT molecular complexity index is 817. The Morgan fingerprint density at radius 3 is 2.73 bits per heavy atom. The second kappa shape index (κ2) is 6.56. The number of amides is 1. The van der Waals surface area contributed by atoms with Crippen LogP contribution in [0, 0.1) is 0 Å². The normalized spacial score (nSPS) is 10.6. The summed E-state index contributed by atoms with van der Waals surface area (Å²) in [5.41, 5.74) is 6.92. The lowest BCUT2D eigenvalue weighted by molar-refractivity contribution is 0.0962. The smallest absolute Gasteiger partial charge is 0.269 e. The quantitative estimate of drug-likeness (QED) is 0.540. The Hall–Kier alpha value is -1.76. The number of hydrogen-bond donors (Lipinski definition) is 2. The van der Waals surface area contributed by atoms with Crippen LogP contribution in [0.2, 0.25) is 5.02 Å². The van der Waals surface area contributed by atoms with E-state index in [0.29, 0.717) is 15.7 Å². The molecule has 0 spiro atoms. The molecule has 0 saturated carbocycles. The molecule has 1 aromatic heterocycles. The van der Waals surface area contributed by atoms with Crippen LogP contribution in [0.5, 0.6) is 0 Å². The number of anilines is 1. The lowest BCUT2D eigenvalue weighted by Crippen LogP contribution is -2.29. The molecule has 0 atom stereocenters. The van der Waals surface area contributed by atoms with Crippen molar-refractivity contribution in [2.45, 2.75) is 4.90 Å². The molecule has 0 radical (unpaired) electrons. The lowest BCUT2D eigenvalue weighted by atomic mass is 10.2. The average molecular weight is 350 g/mol. The van der Waals surface area contributed by atoms with Gasteiger partial charge in [0.05, 0.1) is 10.2 Å². The minimum Gasteiger partial charge on any atom is -0.273 e. The third-order valence-corrected chi connectivity index (χ3v) is 4.90. The van der Waals surface area contributed by atoms with E-state index in [1.807, 2.05) is 30.5 Å². The second-order valence-corrected chi connectivity index (χ2v) is 6.79. The minimum absolute atomic E-state index is 0.204. The summed E-state index contributed by atoms with van der Waals surface area (Å²) in [6, 6.07) is 12.9. The molecule has 7 heteroatoms. The number of rotatable bonds is 4. The maximum atomic E-state index is 12.1. The van der Waals surface area contributed by atoms with Crippen molar-refractivity contribution in [3.63, 3.8) is 0 Å². The van der Waals surface area contributed by atoms with Crippen LogP contribution in [-0.2, 0) is 0 Å². The summed E-state index contributed by atoms with van der Waals surface area (Å²) in [5, 5.41) is 1.28. The highest BCUT2D eigenvalue weighted by Crippen LogP contribution is 2.27. The number of thiazole rings is 1. The topological polar surface area (TPSA) is 54.0 Å². The highest BCUT2D eigenvalue weighted by Gasteiger charge is 2.07. The van der Waals surface area contributed by atoms with Gasteiger partial charge in [-0.1, -0.05) is 22.9 Å². The summed E-state index contributed by atoms with van der Waals surface area (Å²) in [6.07, 6.45) is 2.00. The predicted molar refractivity (Wildman–Crippen MR) is 93.9 cm³/mol. The van der Waals surface area contributed by atoms with E-state index in [-0.39, 0.29) is 5.91 Å². The van der Waals surface area contributed by atoms with Crippen LogP contribution in [0.3, 0.4) is 0 Å². The van der Waals surface area contributed by atoms with E-state index in [9.17, 15) is 4.79 Å². The molecule has 1 amide bonds. The van der Waals surface area contributed by atoms with Gasteiger partial charge >= 0.3 is 0 Å². The number of aromatic nitrogens is 1. The van der Waals surface area contributed by atoms with Gasteiger partial charge in [-0.05, 0) is 48.7 Å². The zero-order chi connectivity index (χ0) is 15.5. The number of carbonyl (C=O) groups excluding carboxylic acids is 1. The number of nitrogens with zero attached hydrogens (tertiary/aromatic N) is 1. The van der Waals surface area contributed by atoms with Crippen LogP contribution in [0.1, 0.15) is 10.4 Å². The first-order chi connectivity index (χ1) is 10.7. The van der Waals surface area contributed by atoms with Gasteiger partial charge in [-0.3, -0.25) is 15.6 Å². The van der Waals surface area contributed by atoms with Crippen molar-refractivity contribution in [3.05, 3.63) is 53.1 Å². The first-order valence-electron chi connectivity index (χ1n) is 6.42. The molecular formula is C15H12ClN3OS2. The van der Waals surface area contributed by atoms with Crippen LogP contribution in [0.15, 0.2) is 47.4 Å². The molecule has 0 aliphatic carbocycles. The molecule has 3 aromatic rings. The summed E-state index contributed by atoms with van der Waals surface area (Å²) in [5.74, 6) is -0.204. The number of nitrogens with one attached hydrogen (secondary N) is 2. The number of thioether (sulfide) groups is 1. The number of fused-ring (bicyclic) bond motifs is 1.